The van der Waals surface area contributed by atoms with Gasteiger partial charge in [0.15, 0.2) is 0 Å². The van der Waals surface area contributed by atoms with Crippen molar-refractivity contribution in [1.29, 1.82) is 0 Å². The Morgan fingerprint density at radius 2 is 2.19 bits per heavy atom. The molecule has 7 nitrogen and oxygen atoms in total. The fraction of sp³-hybridized carbons (Fsp3) is 0.643. The minimum atomic E-state index is -0.810. The SMILES string of the molecule is CC(C)n1cc(NC(=O)NCC2(CC(=O)O)CCC2)cn1. The maximum atomic E-state index is 11.9. The van der Waals surface area contributed by atoms with Crippen molar-refractivity contribution >= 4 is 17.7 Å². The molecule has 1 aliphatic rings. The highest BCUT2D eigenvalue weighted by molar-refractivity contribution is 5.88. The molecule has 0 aliphatic heterocycles. The van der Waals surface area contributed by atoms with Crippen molar-refractivity contribution in [3.05, 3.63) is 12.4 Å². The van der Waals surface area contributed by atoms with Gasteiger partial charge in [-0.2, -0.15) is 5.10 Å². The van der Waals surface area contributed by atoms with Crippen LogP contribution in [0.25, 0.3) is 0 Å². The monoisotopic (exact) mass is 294 g/mol. The predicted molar refractivity (Wildman–Crippen MR) is 78.2 cm³/mol. The van der Waals surface area contributed by atoms with Gasteiger partial charge in [0.2, 0.25) is 0 Å². The molecule has 0 atom stereocenters. The van der Waals surface area contributed by atoms with Gasteiger partial charge in [-0.15, -0.1) is 0 Å². The van der Waals surface area contributed by atoms with E-state index in [1.807, 2.05) is 13.8 Å². The third-order valence-electron chi connectivity index (χ3n) is 3.95. The highest BCUT2D eigenvalue weighted by Gasteiger charge is 2.39. The number of urea groups is 1. The van der Waals surface area contributed by atoms with E-state index in [0.29, 0.717) is 12.2 Å². The number of hydrogen-bond donors (Lipinski definition) is 3. The lowest BCUT2D eigenvalue weighted by Gasteiger charge is -2.40. The molecule has 0 unspecified atom stereocenters. The van der Waals surface area contributed by atoms with Gasteiger partial charge in [0.1, 0.15) is 0 Å². The van der Waals surface area contributed by atoms with Crippen LogP contribution in [-0.4, -0.2) is 33.4 Å². The number of aromatic nitrogens is 2. The number of carboxylic acids is 1. The van der Waals surface area contributed by atoms with Crippen molar-refractivity contribution in [2.45, 2.75) is 45.6 Å². The van der Waals surface area contributed by atoms with Crippen LogP contribution in [0, 0.1) is 5.41 Å². The summed E-state index contributed by atoms with van der Waals surface area (Å²) in [6.07, 6.45) is 6.20. The molecule has 3 N–H and O–H groups in total. The molecule has 0 aromatic carbocycles. The van der Waals surface area contributed by atoms with Crippen molar-refractivity contribution < 1.29 is 14.7 Å². The number of aliphatic carboxylic acids is 1. The van der Waals surface area contributed by atoms with E-state index in [0.717, 1.165) is 19.3 Å². The van der Waals surface area contributed by atoms with Crippen LogP contribution in [0.1, 0.15) is 45.6 Å². The van der Waals surface area contributed by atoms with E-state index in [1.54, 1.807) is 17.1 Å². The van der Waals surface area contributed by atoms with Crippen LogP contribution >= 0.6 is 0 Å². The van der Waals surface area contributed by atoms with Crippen LogP contribution in [0.2, 0.25) is 0 Å². The Kier molecular flexibility index (Phi) is 4.50. The molecule has 1 heterocycles. The third-order valence-corrected chi connectivity index (χ3v) is 3.95. The van der Waals surface area contributed by atoms with E-state index in [1.165, 1.54) is 0 Å². The maximum Gasteiger partial charge on any atom is 0.319 e. The second kappa shape index (κ2) is 6.15. The molecule has 1 aliphatic carbocycles. The first-order chi connectivity index (χ1) is 9.90. The lowest BCUT2D eigenvalue weighted by Crippen LogP contribution is -2.44. The standard InChI is InChI=1S/C14H22N4O3/c1-10(2)18-8-11(7-16-18)17-13(21)15-9-14(4-3-5-14)6-12(19)20/h7-8,10H,3-6,9H2,1-2H3,(H,19,20)(H2,15,17,21). The van der Waals surface area contributed by atoms with Gasteiger partial charge in [-0.25, -0.2) is 4.79 Å². The molecular weight excluding hydrogens is 272 g/mol. The Morgan fingerprint density at radius 1 is 1.48 bits per heavy atom. The highest BCUT2D eigenvalue weighted by Crippen LogP contribution is 2.43. The maximum absolute atomic E-state index is 11.9. The lowest BCUT2D eigenvalue weighted by molar-refractivity contribution is -0.141. The number of carbonyl (C=O) groups is 2. The average Bonchev–Trinajstić information content (AvgIpc) is 2.80. The van der Waals surface area contributed by atoms with Crippen molar-refractivity contribution in [3.63, 3.8) is 0 Å². The fourth-order valence-corrected chi connectivity index (χ4v) is 2.54. The topological polar surface area (TPSA) is 96.2 Å². The number of carbonyl (C=O) groups excluding carboxylic acids is 1. The minimum absolute atomic E-state index is 0.110. The van der Waals surface area contributed by atoms with E-state index in [9.17, 15) is 9.59 Å². The Labute approximate surface area is 123 Å². The second-order valence-corrected chi connectivity index (χ2v) is 6.03. The van der Waals surface area contributed by atoms with Crippen LogP contribution < -0.4 is 10.6 Å². The number of nitrogens with one attached hydrogen (secondary N) is 2. The van der Waals surface area contributed by atoms with Crippen LogP contribution in [0.5, 0.6) is 0 Å². The van der Waals surface area contributed by atoms with E-state index in [4.69, 9.17) is 5.11 Å². The first-order valence-electron chi connectivity index (χ1n) is 7.21. The first kappa shape index (κ1) is 15.3. The zero-order chi connectivity index (χ0) is 15.5. The molecule has 21 heavy (non-hydrogen) atoms. The van der Waals surface area contributed by atoms with E-state index >= 15 is 0 Å². The van der Waals surface area contributed by atoms with Gasteiger partial charge in [0, 0.05) is 18.8 Å². The second-order valence-electron chi connectivity index (χ2n) is 6.03. The number of carboxylic acid groups (broad SMARTS) is 1. The van der Waals surface area contributed by atoms with Crippen molar-refractivity contribution in [1.82, 2.24) is 15.1 Å². The predicted octanol–water partition coefficient (Wildman–Crippen LogP) is 2.23. The molecule has 0 spiro atoms. The summed E-state index contributed by atoms with van der Waals surface area (Å²) < 4.78 is 1.76. The van der Waals surface area contributed by atoms with Crippen molar-refractivity contribution in [2.24, 2.45) is 5.41 Å². The molecule has 1 aromatic heterocycles. The summed E-state index contributed by atoms with van der Waals surface area (Å²) in [5.74, 6) is -0.810. The molecule has 116 valence electrons. The molecule has 7 heteroatoms. The molecule has 0 bridgehead atoms. The van der Waals surface area contributed by atoms with Gasteiger partial charge >= 0.3 is 12.0 Å². The van der Waals surface area contributed by atoms with Gasteiger partial charge in [-0.1, -0.05) is 6.42 Å². The Hall–Kier alpha value is -2.05. The quantitative estimate of drug-likeness (QED) is 0.749. The van der Waals surface area contributed by atoms with E-state index in [2.05, 4.69) is 15.7 Å². The minimum Gasteiger partial charge on any atom is -0.481 e. The van der Waals surface area contributed by atoms with Crippen LogP contribution in [0.3, 0.4) is 0 Å². The Bertz CT molecular complexity index is 520. The zero-order valence-electron chi connectivity index (χ0n) is 12.4. The largest absolute Gasteiger partial charge is 0.481 e. The van der Waals surface area contributed by atoms with E-state index < -0.39 is 5.97 Å². The number of amides is 2. The number of hydrogen-bond acceptors (Lipinski definition) is 3. The molecule has 2 amide bonds. The van der Waals surface area contributed by atoms with Crippen molar-refractivity contribution in [2.75, 3.05) is 11.9 Å². The normalized spacial score (nSPS) is 16.3. The van der Waals surface area contributed by atoms with Gasteiger partial charge in [0.25, 0.3) is 0 Å². The zero-order valence-corrected chi connectivity index (χ0v) is 12.4. The van der Waals surface area contributed by atoms with Gasteiger partial charge in [-0.05, 0) is 32.1 Å². The summed E-state index contributed by atoms with van der Waals surface area (Å²) >= 11 is 0. The summed E-state index contributed by atoms with van der Waals surface area (Å²) in [4.78, 5) is 22.7. The lowest BCUT2D eigenvalue weighted by atomic mass is 9.66. The van der Waals surface area contributed by atoms with Gasteiger partial charge in [-0.3, -0.25) is 9.48 Å². The van der Waals surface area contributed by atoms with Crippen molar-refractivity contribution in [3.8, 4) is 0 Å². The van der Waals surface area contributed by atoms with Gasteiger partial charge < -0.3 is 15.7 Å². The average molecular weight is 294 g/mol. The summed E-state index contributed by atoms with van der Waals surface area (Å²) in [5.41, 5.74) is 0.354. The summed E-state index contributed by atoms with van der Waals surface area (Å²) in [5, 5.41) is 18.5. The first-order valence-corrected chi connectivity index (χ1v) is 7.21. The summed E-state index contributed by atoms with van der Waals surface area (Å²) in [6, 6.07) is -0.0904. The summed E-state index contributed by atoms with van der Waals surface area (Å²) in [7, 11) is 0. The smallest absolute Gasteiger partial charge is 0.319 e. The molecule has 1 aromatic rings. The Balaban J connectivity index is 1.82. The molecular formula is C14H22N4O3. The molecule has 1 saturated carbocycles. The summed E-state index contributed by atoms with van der Waals surface area (Å²) in [6.45, 7) is 4.40. The van der Waals surface area contributed by atoms with E-state index in [-0.39, 0.29) is 23.9 Å². The molecule has 0 saturated heterocycles. The number of nitrogens with zero attached hydrogens (tertiary/aromatic N) is 2. The highest BCUT2D eigenvalue weighted by atomic mass is 16.4. The number of anilines is 1. The molecule has 0 radical (unpaired) electrons. The van der Waals surface area contributed by atoms with Crippen LogP contribution in [-0.2, 0) is 4.79 Å². The van der Waals surface area contributed by atoms with Crippen LogP contribution in [0.4, 0.5) is 10.5 Å². The van der Waals surface area contributed by atoms with Gasteiger partial charge in [0.05, 0.1) is 18.3 Å². The third kappa shape index (κ3) is 3.96. The fourth-order valence-electron chi connectivity index (χ4n) is 2.54. The number of rotatable bonds is 6. The Morgan fingerprint density at radius 3 is 2.67 bits per heavy atom. The van der Waals surface area contributed by atoms with Crippen LogP contribution in [0.15, 0.2) is 12.4 Å². The molecule has 1 fully saturated rings. The molecule has 2 rings (SSSR count).